The molecule has 0 aliphatic carbocycles. The molecule has 0 saturated carbocycles. The van der Waals surface area contributed by atoms with Crippen LogP contribution in [0.1, 0.15) is 15.9 Å². The van der Waals surface area contributed by atoms with Crippen LogP contribution >= 0.6 is 0 Å². The molecule has 0 bridgehead atoms. The number of hydrogen-bond acceptors (Lipinski definition) is 3. The summed E-state index contributed by atoms with van der Waals surface area (Å²) in [5, 5.41) is 2.71. The molecule has 1 aromatic heterocycles. The molecule has 8 heteroatoms. The normalized spacial score (nSPS) is 10.6. The van der Waals surface area contributed by atoms with Gasteiger partial charge in [-0.15, -0.1) is 6.58 Å². The fourth-order valence-corrected chi connectivity index (χ4v) is 3.66. The molecule has 6 nitrogen and oxygen atoms in total. The third kappa shape index (κ3) is 5.38. The molecule has 0 aliphatic rings. The minimum absolute atomic E-state index is 0.0352. The molecule has 0 fully saturated rings. The van der Waals surface area contributed by atoms with Gasteiger partial charge in [0, 0.05) is 18.3 Å². The summed E-state index contributed by atoms with van der Waals surface area (Å²) < 4.78 is 30.1. The summed E-state index contributed by atoms with van der Waals surface area (Å²) >= 11 is 0. The summed E-state index contributed by atoms with van der Waals surface area (Å²) in [6.07, 6.45) is 3.15. The molecule has 0 aliphatic heterocycles. The molecular weight excluding hydrogens is 462 g/mol. The van der Waals surface area contributed by atoms with E-state index in [2.05, 4.69) is 16.9 Å². The van der Waals surface area contributed by atoms with Crippen LogP contribution in [-0.2, 0) is 4.79 Å². The summed E-state index contributed by atoms with van der Waals surface area (Å²) in [6.45, 7) is 4.95. The molecule has 182 valence electrons. The monoisotopic (exact) mass is 486 g/mol. The van der Waals surface area contributed by atoms with Crippen molar-refractivity contribution in [1.82, 2.24) is 14.5 Å². The molecule has 2 amide bonds. The Labute approximate surface area is 207 Å². The van der Waals surface area contributed by atoms with Gasteiger partial charge in [0.25, 0.3) is 5.91 Å². The first-order valence-electron chi connectivity index (χ1n) is 11.2. The highest BCUT2D eigenvalue weighted by Gasteiger charge is 2.22. The first-order valence-corrected chi connectivity index (χ1v) is 11.2. The van der Waals surface area contributed by atoms with Gasteiger partial charge in [0.1, 0.15) is 18.2 Å². The van der Waals surface area contributed by atoms with Crippen LogP contribution in [0.25, 0.3) is 16.9 Å². The van der Waals surface area contributed by atoms with Crippen LogP contribution in [0.2, 0.25) is 0 Å². The van der Waals surface area contributed by atoms with E-state index in [1.165, 1.54) is 35.2 Å². The predicted molar refractivity (Wildman–Crippen MR) is 135 cm³/mol. The Morgan fingerprint density at radius 3 is 2.44 bits per heavy atom. The number of halogens is 2. The molecule has 0 spiro atoms. The molecular formula is C28H24F2N4O2. The van der Waals surface area contributed by atoms with Crippen LogP contribution < -0.4 is 5.32 Å². The molecule has 1 heterocycles. The van der Waals surface area contributed by atoms with Gasteiger partial charge in [-0.1, -0.05) is 54.6 Å². The van der Waals surface area contributed by atoms with Crippen molar-refractivity contribution in [1.29, 1.82) is 0 Å². The maximum absolute atomic E-state index is 14.3. The van der Waals surface area contributed by atoms with Crippen LogP contribution in [0.4, 0.5) is 14.7 Å². The number of nitrogens with one attached hydrogen (secondary N) is 1. The lowest BCUT2D eigenvalue weighted by Gasteiger charge is -2.21. The Hall–Kier alpha value is -4.59. The summed E-state index contributed by atoms with van der Waals surface area (Å²) in [6, 6.07) is 19.6. The van der Waals surface area contributed by atoms with E-state index < -0.39 is 23.4 Å². The summed E-state index contributed by atoms with van der Waals surface area (Å²) in [4.78, 5) is 31.6. The van der Waals surface area contributed by atoms with Crippen LogP contribution in [0.3, 0.4) is 0 Å². The number of benzene rings is 3. The first-order chi connectivity index (χ1) is 17.4. The van der Waals surface area contributed by atoms with Crippen LogP contribution in [0.15, 0.2) is 91.6 Å². The van der Waals surface area contributed by atoms with E-state index in [9.17, 15) is 18.4 Å². The van der Waals surface area contributed by atoms with Gasteiger partial charge in [0.15, 0.2) is 0 Å². The lowest BCUT2D eigenvalue weighted by Crippen LogP contribution is -2.38. The van der Waals surface area contributed by atoms with E-state index in [1.807, 2.05) is 30.3 Å². The second-order valence-electron chi connectivity index (χ2n) is 8.12. The largest absolute Gasteiger partial charge is 0.326 e. The maximum Gasteiger partial charge on any atom is 0.257 e. The van der Waals surface area contributed by atoms with Crippen LogP contribution in [0.5, 0.6) is 0 Å². The number of imidazole rings is 1. The van der Waals surface area contributed by atoms with Crippen molar-refractivity contribution in [2.24, 2.45) is 0 Å². The third-order valence-corrected chi connectivity index (χ3v) is 5.54. The Balaban J connectivity index is 1.63. The molecule has 4 aromatic rings. The molecule has 0 radical (unpaired) electrons. The number of carbonyl (C=O) groups excluding carboxylic acids is 2. The van der Waals surface area contributed by atoms with E-state index in [0.717, 1.165) is 5.56 Å². The number of anilines is 1. The van der Waals surface area contributed by atoms with Crippen molar-refractivity contribution in [3.8, 4) is 16.9 Å². The number of aryl methyl sites for hydroxylation is 1. The molecule has 0 atom stereocenters. The fourth-order valence-electron chi connectivity index (χ4n) is 3.66. The SMILES string of the molecule is C=CCN(CC(=O)Nc1nc(-c2ccccc2)cn1-c1ccc(C)c(F)c1)C(=O)c1ccccc1F. The zero-order valence-electron chi connectivity index (χ0n) is 19.6. The zero-order valence-corrected chi connectivity index (χ0v) is 19.6. The molecule has 4 rings (SSSR count). The van der Waals surface area contributed by atoms with Gasteiger partial charge >= 0.3 is 0 Å². The summed E-state index contributed by atoms with van der Waals surface area (Å²) in [5.41, 5.74) is 2.18. The first kappa shape index (κ1) is 24.5. The predicted octanol–water partition coefficient (Wildman–Crippen LogP) is 5.39. The van der Waals surface area contributed by atoms with E-state index in [1.54, 1.807) is 35.9 Å². The van der Waals surface area contributed by atoms with Crippen LogP contribution in [0, 0.1) is 18.6 Å². The van der Waals surface area contributed by atoms with Gasteiger partial charge in [-0.25, -0.2) is 13.8 Å². The molecule has 0 saturated heterocycles. The standard InChI is InChI=1S/C28H24F2N4O2/c1-3-15-33(27(36)22-11-7-8-12-23(22)29)18-26(35)32-28-31-25(20-9-5-4-6-10-20)17-34(28)21-14-13-19(2)24(30)16-21/h3-14,16-17H,1,15,18H2,2H3,(H,31,32,35). The quantitative estimate of drug-likeness (QED) is 0.340. The molecule has 0 unspecified atom stereocenters. The van der Waals surface area contributed by atoms with Gasteiger partial charge < -0.3 is 4.90 Å². The average Bonchev–Trinajstić information content (AvgIpc) is 3.29. The number of carbonyl (C=O) groups is 2. The number of hydrogen-bond donors (Lipinski definition) is 1. The smallest absolute Gasteiger partial charge is 0.257 e. The van der Waals surface area contributed by atoms with E-state index in [-0.39, 0.29) is 24.6 Å². The Bertz CT molecular complexity index is 1420. The van der Waals surface area contributed by atoms with E-state index in [4.69, 9.17) is 0 Å². The van der Waals surface area contributed by atoms with Crippen molar-refractivity contribution < 1.29 is 18.4 Å². The zero-order chi connectivity index (χ0) is 25.7. The number of aromatic nitrogens is 2. The van der Waals surface area contributed by atoms with Gasteiger partial charge in [0.05, 0.1) is 16.9 Å². The highest BCUT2D eigenvalue weighted by atomic mass is 19.1. The molecule has 36 heavy (non-hydrogen) atoms. The fraction of sp³-hybridized carbons (Fsp3) is 0.107. The summed E-state index contributed by atoms with van der Waals surface area (Å²) in [5.74, 6) is -2.12. The van der Waals surface area contributed by atoms with Crippen molar-refractivity contribution >= 4 is 17.8 Å². The second kappa shape index (κ2) is 10.8. The number of amides is 2. The highest BCUT2D eigenvalue weighted by Crippen LogP contribution is 2.25. The molecule has 3 aromatic carbocycles. The summed E-state index contributed by atoms with van der Waals surface area (Å²) in [7, 11) is 0. The van der Waals surface area contributed by atoms with Crippen molar-refractivity contribution in [2.45, 2.75) is 6.92 Å². The van der Waals surface area contributed by atoms with Gasteiger partial charge in [-0.3, -0.25) is 19.5 Å². The second-order valence-corrected chi connectivity index (χ2v) is 8.12. The highest BCUT2D eigenvalue weighted by molar-refractivity contribution is 5.99. The number of rotatable bonds is 8. The van der Waals surface area contributed by atoms with Gasteiger partial charge in [-0.05, 0) is 36.8 Å². The lowest BCUT2D eigenvalue weighted by atomic mass is 10.2. The Morgan fingerprint density at radius 2 is 1.75 bits per heavy atom. The van der Waals surface area contributed by atoms with Gasteiger partial charge in [0.2, 0.25) is 11.9 Å². The third-order valence-electron chi connectivity index (χ3n) is 5.54. The minimum atomic E-state index is -0.679. The topological polar surface area (TPSA) is 67.2 Å². The van der Waals surface area contributed by atoms with Gasteiger partial charge in [-0.2, -0.15) is 0 Å². The van der Waals surface area contributed by atoms with Crippen molar-refractivity contribution in [3.63, 3.8) is 0 Å². The average molecular weight is 487 g/mol. The minimum Gasteiger partial charge on any atom is -0.326 e. The molecule has 1 N–H and O–H groups in total. The van der Waals surface area contributed by atoms with E-state index in [0.29, 0.717) is 16.9 Å². The van der Waals surface area contributed by atoms with E-state index >= 15 is 0 Å². The van der Waals surface area contributed by atoms with Crippen molar-refractivity contribution in [2.75, 3.05) is 18.4 Å². The van der Waals surface area contributed by atoms with Crippen molar-refractivity contribution in [3.05, 3.63) is 114 Å². The van der Waals surface area contributed by atoms with Crippen LogP contribution in [-0.4, -0.2) is 39.4 Å². The number of nitrogens with zero attached hydrogens (tertiary/aromatic N) is 3. The lowest BCUT2D eigenvalue weighted by molar-refractivity contribution is -0.116. The maximum atomic E-state index is 14.3. The Morgan fingerprint density at radius 1 is 1.03 bits per heavy atom. The Kier molecular flexibility index (Phi) is 7.34.